The van der Waals surface area contributed by atoms with E-state index >= 15 is 0 Å². The van der Waals surface area contributed by atoms with Crippen molar-refractivity contribution < 1.29 is 10.4 Å². The molecule has 1 saturated heterocycles. The van der Waals surface area contributed by atoms with Gasteiger partial charge in [-0.15, -0.1) is 0 Å². The standard InChI is InChI=1S/C14H16IN4O2/c1-13(2)14(3,4)19(21)12(18(13)20)11-16-9-7-5-6-8(15)10(9)17-11/h5-7,20H,1-4H3/b12-11-. The van der Waals surface area contributed by atoms with Gasteiger partial charge in [-0.2, -0.15) is 5.06 Å². The van der Waals surface area contributed by atoms with E-state index in [-0.39, 0.29) is 11.6 Å². The molecule has 2 aliphatic rings. The Hall–Kier alpha value is -1.19. The molecule has 2 heterocycles. The smallest absolute Gasteiger partial charge is 0.202 e. The van der Waals surface area contributed by atoms with Crippen LogP contribution in [0.15, 0.2) is 39.8 Å². The number of hydrogen-bond donors (Lipinski definition) is 1. The van der Waals surface area contributed by atoms with Gasteiger partial charge in [0.1, 0.15) is 5.36 Å². The van der Waals surface area contributed by atoms with E-state index in [2.05, 4.69) is 32.6 Å². The van der Waals surface area contributed by atoms with Gasteiger partial charge in [0, 0.05) is 3.57 Å². The summed E-state index contributed by atoms with van der Waals surface area (Å²) in [6.45, 7) is 7.22. The summed E-state index contributed by atoms with van der Waals surface area (Å²) in [7, 11) is 0. The first-order valence-corrected chi connectivity index (χ1v) is 7.68. The SMILES string of the molecule is CC1(C)N([O])/C(=C2/N=c3cccc(I)c3=N2)N(O)C1(C)C. The molecule has 0 unspecified atom stereocenters. The van der Waals surface area contributed by atoms with Gasteiger partial charge in [0.15, 0.2) is 5.82 Å². The second-order valence-corrected chi connectivity index (χ2v) is 7.36. The van der Waals surface area contributed by atoms with Gasteiger partial charge < -0.3 is 0 Å². The van der Waals surface area contributed by atoms with Gasteiger partial charge in [-0.25, -0.2) is 15.0 Å². The Morgan fingerprint density at radius 1 is 1.14 bits per heavy atom. The Bertz CT molecular complexity index is 748. The third kappa shape index (κ3) is 1.84. The number of benzene rings is 1. The lowest BCUT2D eigenvalue weighted by molar-refractivity contribution is -0.182. The molecule has 2 aliphatic heterocycles. The molecule has 0 amide bonds. The van der Waals surface area contributed by atoms with Crippen LogP contribution < -0.4 is 10.7 Å². The van der Waals surface area contributed by atoms with E-state index < -0.39 is 11.1 Å². The van der Waals surface area contributed by atoms with E-state index in [0.717, 1.165) is 19.1 Å². The van der Waals surface area contributed by atoms with Gasteiger partial charge in [0.2, 0.25) is 5.82 Å². The topological polar surface area (TPSA) is 71.3 Å². The Kier molecular flexibility index (Phi) is 3.09. The summed E-state index contributed by atoms with van der Waals surface area (Å²) in [6, 6.07) is 5.66. The third-order valence-electron chi connectivity index (χ3n) is 4.54. The van der Waals surface area contributed by atoms with Crippen molar-refractivity contribution in [3.8, 4) is 0 Å². The highest BCUT2D eigenvalue weighted by molar-refractivity contribution is 14.1. The number of para-hydroxylation sites is 1. The second-order valence-electron chi connectivity index (χ2n) is 6.20. The van der Waals surface area contributed by atoms with Gasteiger partial charge in [-0.3, -0.25) is 5.21 Å². The first-order chi connectivity index (χ1) is 9.68. The minimum absolute atomic E-state index is 0.0944. The third-order valence-corrected chi connectivity index (χ3v) is 5.41. The van der Waals surface area contributed by atoms with Crippen molar-refractivity contribution in [2.75, 3.05) is 0 Å². The van der Waals surface area contributed by atoms with Crippen LogP contribution in [0.1, 0.15) is 27.7 Å². The largest absolute Gasteiger partial charge is 0.286 e. The summed E-state index contributed by atoms with van der Waals surface area (Å²) in [4.78, 5) is 8.82. The van der Waals surface area contributed by atoms with Crippen molar-refractivity contribution in [2.24, 2.45) is 9.98 Å². The zero-order valence-corrected chi connectivity index (χ0v) is 14.4. The van der Waals surface area contributed by atoms with E-state index in [9.17, 15) is 10.4 Å². The molecule has 6 nitrogen and oxygen atoms in total. The fourth-order valence-corrected chi connectivity index (χ4v) is 2.96. The van der Waals surface area contributed by atoms with Crippen molar-refractivity contribution in [3.63, 3.8) is 0 Å². The summed E-state index contributed by atoms with van der Waals surface area (Å²) in [6.07, 6.45) is 0. The number of nitrogens with zero attached hydrogens (tertiary/aromatic N) is 4. The first-order valence-electron chi connectivity index (χ1n) is 6.60. The molecular formula is C14H16IN4O2. The Morgan fingerprint density at radius 2 is 1.81 bits per heavy atom. The number of hydroxylamine groups is 4. The fourth-order valence-electron chi connectivity index (χ4n) is 2.36. The molecule has 7 heteroatoms. The lowest BCUT2D eigenvalue weighted by atomic mass is 9.84. The number of halogens is 1. The zero-order valence-electron chi connectivity index (χ0n) is 12.3. The van der Waals surface area contributed by atoms with Gasteiger partial charge >= 0.3 is 0 Å². The molecule has 0 bridgehead atoms. The molecule has 1 aromatic carbocycles. The zero-order chi connectivity index (χ0) is 15.6. The van der Waals surface area contributed by atoms with E-state index in [1.165, 1.54) is 0 Å². The molecular weight excluding hydrogens is 383 g/mol. The van der Waals surface area contributed by atoms with E-state index in [4.69, 9.17) is 0 Å². The molecule has 0 aromatic heterocycles. The highest BCUT2D eigenvalue weighted by atomic mass is 127. The average Bonchev–Trinajstić information content (AvgIpc) is 2.87. The number of hydrogen-bond acceptors (Lipinski definition) is 5. The summed E-state index contributed by atoms with van der Waals surface area (Å²) in [5.74, 6) is 0.349. The molecule has 21 heavy (non-hydrogen) atoms. The van der Waals surface area contributed by atoms with E-state index in [1.54, 1.807) is 13.8 Å². The summed E-state index contributed by atoms with van der Waals surface area (Å²) >= 11 is 2.18. The van der Waals surface area contributed by atoms with Crippen molar-refractivity contribution in [2.45, 2.75) is 38.8 Å². The maximum absolute atomic E-state index is 12.6. The first kappa shape index (κ1) is 14.7. The molecule has 1 radical (unpaired) electrons. The van der Waals surface area contributed by atoms with Gasteiger partial charge in [-0.05, 0) is 62.4 Å². The molecule has 1 N–H and O–H groups in total. The van der Waals surface area contributed by atoms with Crippen LogP contribution in [0.5, 0.6) is 0 Å². The van der Waals surface area contributed by atoms with Crippen LogP contribution in [0.25, 0.3) is 0 Å². The van der Waals surface area contributed by atoms with E-state index in [0.29, 0.717) is 5.36 Å². The summed E-state index contributed by atoms with van der Waals surface area (Å²) in [5.41, 5.74) is -1.54. The average molecular weight is 399 g/mol. The molecule has 1 fully saturated rings. The quantitative estimate of drug-likeness (QED) is 0.674. The van der Waals surface area contributed by atoms with Crippen molar-refractivity contribution in [1.29, 1.82) is 0 Å². The van der Waals surface area contributed by atoms with Crippen LogP contribution in [0.3, 0.4) is 0 Å². The molecule has 111 valence electrons. The van der Waals surface area contributed by atoms with Crippen LogP contribution >= 0.6 is 22.6 Å². The molecule has 1 aromatic rings. The van der Waals surface area contributed by atoms with Crippen molar-refractivity contribution in [3.05, 3.63) is 44.1 Å². The van der Waals surface area contributed by atoms with Crippen molar-refractivity contribution in [1.82, 2.24) is 10.1 Å². The van der Waals surface area contributed by atoms with Crippen LogP contribution in [0, 0.1) is 3.57 Å². The normalized spacial score (nSPS) is 25.7. The number of rotatable bonds is 0. The predicted molar refractivity (Wildman–Crippen MR) is 82.8 cm³/mol. The van der Waals surface area contributed by atoms with Crippen LogP contribution in [-0.4, -0.2) is 26.4 Å². The molecule has 0 saturated carbocycles. The van der Waals surface area contributed by atoms with Gasteiger partial charge in [0.25, 0.3) is 0 Å². The predicted octanol–water partition coefficient (Wildman–Crippen LogP) is 1.58. The molecule has 3 rings (SSSR count). The Balaban J connectivity index is 2.25. The Labute approximate surface area is 136 Å². The highest BCUT2D eigenvalue weighted by Crippen LogP contribution is 2.44. The fraction of sp³-hybridized carbons (Fsp3) is 0.429. The summed E-state index contributed by atoms with van der Waals surface area (Å²) < 4.78 is 0.961. The lowest BCUT2D eigenvalue weighted by Gasteiger charge is -2.36. The minimum Gasteiger partial charge on any atom is -0.286 e. The van der Waals surface area contributed by atoms with Gasteiger partial charge in [0.05, 0.1) is 16.4 Å². The molecule has 0 atom stereocenters. The van der Waals surface area contributed by atoms with Gasteiger partial charge in [-0.1, -0.05) is 11.3 Å². The van der Waals surface area contributed by atoms with Crippen LogP contribution in [-0.2, 0) is 5.21 Å². The summed E-state index contributed by atoms with van der Waals surface area (Å²) in [5, 5.41) is 26.3. The highest BCUT2D eigenvalue weighted by Gasteiger charge is 2.57. The Morgan fingerprint density at radius 3 is 2.33 bits per heavy atom. The maximum Gasteiger partial charge on any atom is 0.202 e. The molecule has 0 aliphatic carbocycles. The van der Waals surface area contributed by atoms with Crippen molar-refractivity contribution >= 4 is 22.6 Å². The van der Waals surface area contributed by atoms with E-state index in [1.807, 2.05) is 32.0 Å². The van der Waals surface area contributed by atoms with Crippen LogP contribution in [0.4, 0.5) is 0 Å². The minimum atomic E-state index is -0.795. The lowest BCUT2D eigenvalue weighted by Crippen LogP contribution is -2.52. The number of fused-ring (bicyclic) bond motifs is 1. The van der Waals surface area contributed by atoms with Crippen LogP contribution in [0.2, 0.25) is 0 Å². The second kappa shape index (κ2) is 4.40. The monoisotopic (exact) mass is 399 g/mol. The molecule has 0 spiro atoms. The maximum atomic E-state index is 12.6.